The van der Waals surface area contributed by atoms with E-state index in [0.717, 1.165) is 50.0 Å². The van der Waals surface area contributed by atoms with E-state index in [9.17, 15) is 9.59 Å². The monoisotopic (exact) mass is 610 g/mol. The molecule has 0 aliphatic heterocycles. The lowest BCUT2D eigenvalue weighted by molar-refractivity contribution is -0.135. The molecule has 0 aliphatic carbocycles. The van der Waals surface area contributed by atoms with Gasteiger partial charge in [-0.25, -0.2) is 0 Å². The highest BCUT2D eigenvalue weighted by Crippen LogP contribution is 2.38. The van der Waals surface area contributed by atoms with Crippen LogP contribution in [0.3, 0.4) is 0 Å². The van der Waals surface area contributed by atoms with E-state index in [1.807, 2.05) is 36.0 Å². The average molecular weight is 611 g/mol. The average Bonchev–Trinajstić information content (AvgIpc) is 2.85. The number of hydrogen-bond donors (Lipinski definition) is 0. The van der Waals surface area contributed by atoms with Gasteiger partial charge in [-0.05, 0) is 107 Å². The first-order valence-electron chi connectivity index (χ1n) is 16.1. The Morgan fingerprint density at radius 3 is 1.16 bits per heavy atom. The second kappa shape index (κ2) is 16.2. The Bertz CT molecular complexity index is 1040. The fourth-order valence-corrected chi connectivity index (χ4v) is 7.24. The normalized spacial score (nSPS) is 12.7. The van der Waals surface area contributed by atoms with E-state index in [1.54, 1.807) is 0 Å². The summed E-state index contributed by atoms with van der Waals surface area (Å²) in [6.45, 7) is 22.6. The largest absolute Gasteiger partial charge is 0.427 e. The lowest BCUT2D eigenvalue weighted by atomic mass is 9.72. The highest BCUT2D eigenvalue weighted by Gasteiger charge is 2.28. The smallest absolute Gasteiger partial charge is 0.311 e. The van der Waals surface area contributed by atoms with Crippen LogP contribution in [0.25, 0.3) is 0 Å². The predicted molar refractivity (Wildman–Crippen MR) is 183 cm³/mol. The zero-order valence-electron chi connectivity index (χ0n) is 28.7. The molecule has 240 valence electrons. The molecule has 0 saturated heterocycles. The van der Waals surface area contributed by atoms with Gasteiger partial charge in [0.1, 0.15) is 11.5 Å². The van der Waals surface area contributed by atoms with E-state index >= 15 is 0 Å². The first-order chi connectivity index (χ1) is 19.9. The molecule has 0 radical (unpaired) electrons. The molecule has 0 bridgehead atoms. The minimum atomic E-state index is -0.173. The molecule has 0 aromatic heterocycles. The highest BCUT2D eigenvalue weighted by atomic mass is 32.2. The van der Waals surface area contributed by atoms with Crippen molar-refractivity contribution in [3.8, 4) is 11.5 Å². The van der Waals surface area contributed by atoms with Crippen molar-refractivity contribution in [2.24, 2.45) is 10.8 Å². The van der Waals surface area contributed by atoms with Gasteiger partial charge in [-0.2, -0.15) is 11.8 Å². The molecule has 0 saturated carbocycles. The Kier molecular flexibility index (Phi) is 13.9. The molecule has 0 aliphatic rings. The number of hydrogen-bond acceptors (Lipinski definition) is 5. The van der Waals surface area contributed by atoms with Crippen molar-refractivity contribution in [1.29, 1.82) is 0 Å². The maximum atomic E-state index is 12.3. The standard InChI is InChI=1S/C38H58O4S/c1-35(2,3)27-37(7,8)29-17-21-31(22-18-29)41-33(39)15-11-13-25-43-26-14-12-16-34(40)42-32-23-19-30(20-24-32)38(9,10)28-36(4,5)6/h17-24H,11-16,25-28H2,1-10H3. The summed E-state index contributed by atoms with van der Waals surface area (Å²) < 4.78 is 11.1. The zero-order valence-corrected chi connectivity index (χ0v) is 29.5. The van der Waals surface area contributed by atoms with Crippen molar-refractivity contribution in [3.05, 3.63) is 59.7 Å². The summed E-state index contributed by atoms with van der Waals surface area (Å²) in [5.74, 6) is 2.90. The van der Waals surface area contributed by atoms with E-state index in [2.05, 4.69) is 93.5 Å². The number of esters is 2. The third-order valence-electron chi connectivity index (χ3n) is 7.52. The summed E-state index contributed by atoms with van der Waals surface area (Å²) in [5, 5.41) is 0. The van der Waals surface area contributed by atoms with Gasteiger partial charge in [0.2, 0.25) is 0 Å². The Hall–Kier alpha value is -2.27. The van der Waals surface area contributed by atoms with Crippen molar-refractivity contribution < 1.29 is 19.1 Å². The Morgan fingerprint density at radius 1 is 0.535 bits per heavy atom. The maximum absolute atomic E-state index is 12.3. The molecule has 2 aromatic carbocycles. The maximum Gasteiger partial charge on any atom is 0.311 e. The summed E-state index contributed by atoms with van der Waals surface area (Å²) in [6.07, 6.45) is 6.61. The van der Waals surface area contributed by atoms with Crippen molar-refractivity contribution in [3.63, 3.8) is 0 Å². The summed E-state index contributed by atoms with van der Waals surface area (Å²) in [7, 11) is 0. The quantitative estimate of drug-likeness (QED) is 0.107. The van der Waals surface area contributed by atoms with Gasteiger partial charge in [0.25, 0.3) is 0 Å². The van der Waals surface area contributed by atoms with E-state index in [-0.39, 0.29) is 33.6 Å². The van der Waals surface area contributed by atoms with Gasteiger partial charge < -0.3 is 9.47 Å². The van der Waals surface area contributed by atoms with Crippen molar-refractivity contribution in [2.75, 3.05) is 11.5 Å². The molecule has 2 rings (SSSR count). The van der Waals surface area contributed by atoms with Gasteiger partial charge in [0, 0.05) is 12.8 Å². The summed E-state index contributed by atoms with van der Waals surface area (Å²) in [6, 6.07) is 16.0. The van der Waals surface area contributed by atoms with Crippen LogP contribution < -0.4 is 9.47 Å². The minimum Gasteiger partial charge on any atom is -0.427 e. The second-order valence-corrected chi connectivity index (χ2v) is 17.0. The molecule has 4 nitrogen and oxygen atoms in total. The fourth-order valence-electron chi connectivity index (χ4n) is 6.22. The van der Waals surface area contributed by atoms with Crippen LogP contribution in [0.5, 0.6) is 11.5 Å². The van der Waals surface area contributed by atoms with Gasteiger partial charge in [-0.1, -0.05) is 93.5 Å². The first kappa shape index (κ1) is 36.9. The summed E-state index contributed by atoms with van der Waals surface area (Å²) in [4.78, 5) is 24.6. The molecule has 0 N–H and O–H groups in total. The molecular weight excluding hydrogens is 552 g/mol. The Balaban J connectivity index is 1.56. The Labute approximate surface area is 267 Å². The third kappa shape index (κ3) is 14.8. The first-order valence-corrected chi connectivity index (χ1v) is 17.2. The van der Waals surface area contributed by atoms with Crippen LogP contribution in [-0.2, 0) is 20.4 Å². The number of carbonyl (C=O) groups excluding carboxylic acids is 2. The van der Waals surface area contributed by atoms with Crippen LogP contribution in [0.1, 0.15) is 132 Å². The molecular formula is C38H58O4S. The summed E-state index contributed by atoms with van der Waals surface area (Å²) in [5.41, 5.74) is 3.15. The fraction of sp³-hybridized carbons (Fsp3) is 0.632. The SMILES string of the molecule is CC(C)(C)CC(C)(C)c1ccc(OC(=O)CCCCSCCCCC(=O)Oc2ccc(C(C)(C)CC(C)(C)C)cc2)cc1. The summed E-state index contributed by atoms with van der Waals surface area (Å²) >= 11 is 1.88. The van der Waals surface area contributed by atoms with Gasteiger partial charge >= 0.3 is 11.9 Å². The van der Waals surface area contributed by atoms with Crippen molar-refractivity contribution >= 4 is 23.7 Å². The van der Waals surface area contributed by atoms with Crippen LogP contribution >= 0.6 is 11.8 Å². The molecule has 0 fully saturated rings. The Morgan fingerprint density at radius 2 is 0.860 bits per heavy atom. The van der Waals surface area contributed by atoms with Crippen LogP contribution in [0, 0.1) is 10.8 Å². The number of carbonyl (C=O) groups is 2. The van der Waals surface area contributed by atoms with E-state index < -0.39 is 0 Å². The van der Waals surface area contributed by atoms with Crippen molar-refractivity contribution in [1.82, 2.24) is 0 Å². The minimum absolute atomic E-state index is 0.0677. The second-order valence-electron chi connectivity index (χ2n) is 15.8. The number of ether oxygens (including phenoxy) is 2. The van der Waals surface area contributed by atoms with Crippen LogP contribution in [0.4, 0.5) is 0 Å². The van der Waals surface area contributed by atoms with Gasteiger partial charge in [0.15, 0.2) is 0 Å². The number of benzene rings is 2. The van der Waals surface area contributed by atoms with Gasteiger partial charge in [-0.15, -0.1) is 0 Å². The van der Waals surface area contributed by atoms with Gasteiger partial charge in [0.05, 0.1) is 0 Å². The van der Waals surface area contributed by atoms with E-state index in [1.165, 1.54) is 11.1 Å². The predicted octanol–water partition coefficient (Wildman–Crippen LogP) is 10.7. The number of rotatable bonds is 16. The highest BCUT2D eigenvalue weighted by molar-refractivity contribution is 7.99. The third-order valence-corrected chi connectivity index (χ3v) is 8.67. The van der Waals surface area contributed by atoms with E-state index in [4.69, 9.17) is 9.47 Å². The van der Waals surface area contributed by atoms with Crippen LogP contribution in [0.15, 0.2) is 48.5 Å². The lowest BCUT2D eigenvalue weighted by Gasteiger charge is -2.33. The topological polar surface area (TPSA) is 52.6 Å². The zero-order chi connectivity index (χ0) is 32.3. The molecule has 0 amide bonds. The molecule has 0 spiro atoms. The number of thioether (sulfide) groups is 1. The number of unbranched alkanes of at least 4 members (excludes halogenated alkanes) is 2. The lowest BCUT2D eigenvalue weighted by Crippen LogP contribution is -2.24. The van der Waals surface area contributed by atoms with Crippen LogP contribution in [-0.4, -0.2) is 23.4 Å². The molecule has 2 aromatic rings. The van der Waals surface area contributed by atoms with Gasteiger partial charge in [-0.3, -0.25) is 9.59 Å². The molecule has 0 unspecified atom stereocenters. The van der Waals surface area contributed by atoms with Crippen LogP contribution in [0.2, 0.25) is 0 Å². The molecule has 43 heavy (non-hydrogen) atoms. The molecule has 0 heterocycles. The molecule has 5 heteroatoms. The van der Waals surface area contributed by atoms with Crippen molar-refractivity contribution in [2.45, 2.75) is 131 Å². The van der Waals surface area contributed by atoms with E-state index in [0.29, 0.717) is 24.3 Å². The molecule has 0 atom stereocenters.